The normalized spacial score (nSPS) is 18.0. The van der Waals surface area contributed by atoms with Gasteiger partial charge in [0, 0.05) is 13.1 Å². The van der Waals surface area contributed by atoms with Crippen LogP contribution < -0.4 is 0 Å². The largest absolute Gasteiger partial charge is 0.455 e. The number of hydrogen-bond donors (Lipinski definition) is 0. The Morgan fingerprint density at radius 1 is 1.21 bits per heavy atom. The second kappa shape index (κ2) is 7.92. The van der Waals surface area contributed by atoms with Gasteiger partial charge < -0.3 is 9.15 Å². The molecule has 1 atom stereocenters. The van der Waals surface area contributed by atoms with E-state index in [0.717, 1.165) is 12.1 Å². The molecule has 1 aliphatic rings. The van der Waals surface area contributed by atoms with Crippen molar-refractivity contribution in [3.05, 3.63) is 60.2 Å². The molecule has 152 valence electrons. The van der Waals surface area contributed by atoms with Crippen molar-refractivity contribution in [3.63, 3.8) is 0 Å². The number of halogens is 1. The van der Waals surface area contributed by atoms with Crippen LogP contribution in [0, 0.1) is 11.7 Å². The molecular formula is C20H19FN2O5S. The van der Waals surface area contributed by atoms with Gasteiger partial charge in [-0.3, -0.25) is 4.79 Å². The highest BCUT2D eigenvalue weighted by Gasteiger charge is 2.34. The summed E-state index contributed by atoms with van der Waals surface area (Å²) in [6.07, 6.45) is 1.06. The average molecular weight is 418 g/mol. The third-order valence-electron chi connectivity index (χ3n) is 4.84. The van der Waals surface area contributed by atoms with Crippen LogP contribution in [0.5, 0.6) is 0 Å². The van der Waals surface area contributed by atoms with Crippen molar-refractivity contribution in [1.29, 1.82) is 0 Å². The van der Waals surface area contributed by atoms with Crippen molar-refractivity contribution in [2.75, 3.05) is 13.1 Å². The number of hydrogen-bond acceptors (Lipinski definition) is 6. The molecule has 9 heteroatoms. The Morgan fingerprint density at radius 3 is 2.72 bits per heavy atom. The molecule has 0 spiro atoms. The van der Waals surface area contributed by atoms with Crippen molar-refractivity contribution >= 4 is 27.1 Å². The minimum Gasteiger partial charge on any atom is -0.455 e. The smallest absolute Gasteiger partial charge is 0.310 e. The lowest BCUT2D eigenvalue weighted by Gasteiger charge is -2.30. The number of benzene rings is 2. The number of piperidine rings is 1. The molecule has 0 radical (unpaired) electrons. The Kier molecular flexibility index (Phi) is 5.33. The van der Waals surface area contributed by atoms with Gasteiger partial charge in [0.05, 0.1) is 10.8 Å². The summed E-state index contributed by atoms with van der Waals surface area (Å²) in [4.78, 5) is 16.7. The standard InChI is InChI=1S/C20H19FN2O5S/c21-15-7-9-16(10-8-15)29(25,26)23-11-3-4-14(12-23)20(24)27-13-19-22-17-5-1-2-6-18(17)28-19/h1-2,5-10,14H,3-4,11-13H2. The topological polar surface area (TPSA) is 89.7 Å². The number of nitrogens with zero attached hydrogens (tertiary/aromatic N) is 2. The zero-order valence-corrected chi connectivity index (χ0v) is 16.3. The van der Waals surface area contributed by atoms with Gasteiger partial charge in [-0.1, -0.05) is 12.1 Å². The summed E-state index contributed by atoms with van der Waals surface area (Å²) in [5, 5.41) is 0. The number of rotatable bonds is 5. The van der Waals surface area contributed by atoms with Crippen LogP contribution in [0.1, 0.15) is 18.7 Å². The predicted molar refractivity (Wildman–Crippen MR) is 102 cm³/mol. The monoisotopic (exact) mass is 418 g/mol. The average Bonchev–Trinajstić information content (AvgIpc) is 3.15. The van der Waals surface area contributed by atoms with Crippen molar-refractivity contribution in [2.24, 2.45) is 5.92 Å². The van der Waals surface area contributed by atoms with E-state index in [2.05, 4.69) is 4.98 Å². The van der Waals surface area contributed by atoms with E-state index < -0.39 is 27.7 Å². The molecule has 0 N–H and O–H groups in total. The summed E-state index contributed by atoms with van der Waals surface area (Å²) >= 11 is 0. The minimum atomic E-state index is -3.80. The Labute approximate surface area is 167 Å². The molecule has 1 unspecified atom stereocenters. The Morgan fingerprint density at radius 2 is 1.97 bits per heavy atom. The summed E-state index contributed by atoms with van der Waals surface area (Å²) in [5.74, 6) is -1.30. The third kappa shape index (κ3) is 4.15. The van der Waals surface area contributed by atoms with Gasteiger partial charge in [0.2, 0.25) is 15.9 Å². The SMILES string of the molecule is O=C(OCc1nc2ccccc2o1)C1CCCN(S(=O)(=O)c2ccc(F)cc2)C1. The van der Waals surface area contributed by atoms with Crippen LogP contribution in [-0.4, -0.2) is 36.8 Å². The molecule has 0 aliphatic carbocycles. The van der Waals surface area contributed by atoms with Crippen LogP contribution in [0.2, 0.25) is 0 Å². The van der Waals surface area contributed by atoms with E-state index in [1.165, 1.54) is 16.4 Å². The summed E-state index contributed by atoms with van der Waals surface area (Å²) in [5.41, 5.74) is 1.28. The number of esters is 1. The fraction of sp³-hybridized carbons (Fsp3) is 0.300. The van der Waals surface area contributed by atoms with E-state index in [4.69, 9.17) is 9.15 Å². The van der Waals surface area contributed by atoms with Gasteiger partial charge in [0.15, 0.2) is 12.2 Å². The fourth-order valence-corrected chi connectivity index (χ4v) is 4.86. The van der Waals surface area contributed by atoms with Gasteiger partial charge in [-0.25, -0.2) is 17.8 Å². The lowest BCUT2D eigenvalue weighted by Crippen LogP contribution is -2.42. The lowest BCUT2D eigenvalue weighted by atomic mass is 10.0. The number of para-hydroxylation sites is 2. The highest BCUT2D eigenvalue weighted by atomic mass is 32.2. The third-order valence-corrected chi connectivity index (χ3v) is 6.72. The maximum absolute atomic E-state index is 13.1. The molecule has 0 saturated carbocycles. The number of carbonyl (C=O) groups is 1. The minimum absolute atomic E-state index is 0.000562. The van der Waals surface area contributed by atoms with Gasteiger partial charge in [-0.15, -0.1) is 0 Å². The Balaban J connectivity index is 1.40. The van der Waals surface area contributed by atoms with Crippen LogP contribution in [0.4, 0.5) is 4.39 Å². The molecule has 1 aromatic heterocycles. The van der Waals surface area contributed by atoms with Gasteiger partial charge in [-0.2, -0.15) is 4.31 Å². The Bertz CT molecular complexity index is 1090. The number of carbonyl (C=O) groups excluding carboxylic acids is 1. The molecule has 4 rings (SSSR count). The van der Waals surface area contributed by atoms with E-state index in [0.29, 0.717) is 30.5 Å². The molecule has 0 bridgehead atoms. The molecule has 0 amide bonds. The number of ether oxygens (including phenoxy) is 1. The number of sulfonamides is 1. The molecule has 2 heterocycles. The highest BCUT2D eigenvalue weighted by molar-refractivity contribution is 7.89. The number of fused-ring (bicyclic) bond motifs is 1. The van der Waals surface area contributed by atoms with Gasteiger partial charge >= 0.3 is 5.97 Å². The number of oxazole rings is 1. The van der Waals surface area contributed by atoms with Gasteiger partial charge in [-0.05, 0) is 49.2 Å². The van der Waals surface area contributed by atoms with Crippen molar-refractivity contribution < 1.29 is 26.8 Å². The number of aromatic nitrogens is 1. The van der Waals surface area contributed by atoms with Gasteiger partial charge in [0.25, 0.3) is 0 Å². The summed E-state index contributed by atoms with van der Waals surface area (Å²) in [7, 11) is -3.80. The van der Waals surface area contributed by atoms with E-state index in [9.17, 15) is 17.6 Å². The molecule has 1 aliphatic heterocycles. The summed E-state index contributed by atoms with van der Waals surface area (Å²) < 4.78 is 50.7. The van der Waals surface area contributed by atoms with Crippen molar-refractivity contribution in [1.82, 2.24) is 9.29 Å². The fourth-order valence-electron chi connectivity index (χ4n) is 3.34. The quantitative estimate of drug-likeness (QED) is 0.592. The molecule has 1 fully saturated rings. The first-order chi connectivity index (χ1) is 13.9. The molecule has 3 aromatic rings. The highest BCUT2D eigenvalue weighted by Crippen LogP contribution is 2.25. The van der Waals surface area contributed by atoms with Crippen LogP contribution in [0.25, 0.3) is 11.1 Å². The molecule has 7 nitrogen and oxygen atoms in total. The van der Waals surface area contributed by atoms with Gasteiger partial charge in [0.1, 0.15) is 11.3 Å². The zero-order chi connectivity index (χ0) is 20.4. The maximum Gasteiger partial charge on any atom is 0.310 e. The van der Waals surface area contributed by atoms with Crippen molar-refractivity contribution in [3.8, 4) is 0 Å². The first-order valence-corrected chi connectivity index (χ1v) is 10.6. The zero-order valence-electron chi connectivity index (χ0n) is 15.5. The maximum atomic E-state index is 13.1. The molecule has 29 heavy (non-hydrogen) atoms. The first-order valence-electron chi connectivity index (χ1n) is 9.20. The van der Waals surface area contributed by atoms with E-state index >= 15 is 0 Å². The first kappa shape index (κ1) is 19.5. The second-order valence-corrected chi connectivity index (χ2v) is 8.78. The lowest BCUT2D eigenvalue weighted by molar-refractivity contribution is -0.151. The van der Waals surface area contributed by atoms with E-state index in [1.54, 1.807) is 12.1 Å². The summed E-state index contributed by atoms with van der Waals surface area (Å²) in [6.45, 7) is 0.204. The van der Waals surface area contributed by atoms with E-state index in [1.807, 2.05) is 12.1 Å². The molecule has 2 aromatic carbocycles. The molecular weight excluding hydrogens is 399 g/mol. The van der Waals surface area contributed by atoms with Crippen molar-refractivity contribution in [2.45, 2.75) is 24.3 Å². The van der Waals surface area contributed by atoms with Crippen LogP contribution in [-0.2, 0) is 26.2 Å². The Hall–Kier alpha value is -2.78. The second-order valence-electron chi connectivity index (χ2n) is 6.84. The van der Waals surface area contributed by atoms with E-state index in [-0.39, 0.29) is 23.9 Å². The molecule has 1 saturated heterocycles. The van der Waals surface area contributed by atoms with Crippen LogP contribution in [0.15, 0.2) is 57.8 Å². The predicted octanol–water partition coefficient (Wildman–Crippen LogP) is 3.11. The van der Waals surface area contributed by atoms with Crippen LogP contribution in [0.3, 0.4) is 0 Å². The summed E-state index contributed by atoms with van der Waals surface area (Å²) in [6, 6.07) is 11.9. The van der Waals surface area contributed by atoms with Crippen LogP contribution >= 0.6 is 0 Å².